The van der Waals surface area contributed by atoms with Crippen LogP contribution in [0.4, 0.5) is 0 Å². The molecule has 0 aliphatic rings. The van der Waals surface area contributed by atoms with Crippen LogP contribution in [0.1, 0.15) is 26.7 Å². The van der Waals surface area contributed by atoms with Crippen LogP contribution in [0.15, 0.2) is 5.16 Å². The molecule has 14 heavy (non-hydrogen) atoms. The van der Waals surface area contributed by atoms with Crippen LogP contribution < -0.4 is 5.73 Å². The maximum Gasteiger partial charge on any atom is 0.140 e. The van der Waals surface area contributed by atoms with Crippen molar-refractivity contribution in [2.45, 2.75) is 38.8 Å². The first kappa shape index (κ1) is 13.2. The highest BCUT2D eigenvalue weighted by Gasteiger charge is 2.11. The fourth-order valence-corrected chi connectivity index (χ4v) is 1.11. The molecule has 0 aromatic heterocycles. The Morgan fingerprint density at radius 3 is 2.50 bits per heavy atom. The predicted molar refractivity (Wildman–Crippen MR) is 56.4 cm³/mol. The molecule has 0 aromatic rings. The van der Waals surface area contributed by atoms with E-state index >= 15 is 0 Å². The Morgan fingerprint density at radius 2 is 2.07 bits per heavy atom. The van der Waals surface area contributed by atoms with Crippen LogP contribution >= 0.6 is 0 Å². The molecule has 0 saturated heterocycles. The minimum absolute atomic E-state index is 0.213. The first-order valence-corrected chi connectivity index (χ1v) is 4.82. The second-order valence-electron chi connectivity index (χ2n) is 3.76. The van der Waals surface area contributed by atoms with Crippen molar-refractivity contribution in [2.24, 2.45) is 10.9 Å². The van der Waals surface area contributed by atoms with Crippen molar-refractivity contribution in [3.8, 4) is 0 Å². The fraction of sp³-hybridized carbons (Fsp3) is 0.889. The van der Waals surface area contributed by atoms with Crippen molar-refractivity contribution in [3.63, 3.8) is 0 Å². The summed E-state index contributed by atoms with van der Waals surface area (Å²) in [6.07, 6.45) is 0.984. The first-order valence-electron chi connectivity index (χ1n) is 4.82. The van der Waals surface area contributed by atoms with Crippen molar-refractivity contribution < 1.29 is 10.3 Å². The van der Waals surface area contributed by atoms with Gasteiger partial charge < -0.3 is 20.9 Å². The number of amidine groups is 1. The van der Waals surface area contributed by atoms with Crippen molar-refractivity contribution in [3.05, 3.63) is 0 Å². The number of oxime groups is 1. The van der Waals surface area contributed by atoms with Gasteiger partial charge in [0.15, 0.2) is 0 Å². The van der Waals surface area contributed by atoms with Gasteiger partial charge in [-0.1, -0.05) is 5.16 Å². The molecule has 5 nitrogen and oxygen atoms in total. The molecule has 2 atom stereocenters. The van der Waals surface area contributed by atoms with Gasteiger partial charge in [-0.3, -0.25) is 0 Å². The molecular formula is C9H21N3O2. The minimum Gasteiger partial charge on any atom is -0.409 e. The zero-order valence-electron chi connectivity index (χ0n) is 9.14. The Kier molecular flexibility index (Phi) is 6.23. The van der Waals surface area contributed by atoms with Crippen LogP contribution in [0.5, 0.6) is 0 Å². The average molecular weight is 203 g/mol. The van der Waals surface area contributed by atoms with E-state index in [1.807, 2.05) is 14.0 Å². The maximum absolute atomic E-state index is 9.10. The Balaban J connectivity index is 3.81. The molecule has 0 radical (unpaired) electrons. The van der Waals surface area contributed by atoms with Crippen molar-refractivity contribution in [1.82, 2.24) is 4.90 Å². The highest BCUT2D eigenvalue weighted by molar-refractivity contribution is 5.80. The van der Waals surface area contributed by atoms with E-state index in [0.29, 0.717) is 6.42 Å². The van der Waals surface area contributed by atoms with Gasteiger partial charge in [0.2, 0.25) is 0 Å². The van der Waals surface area contributed by atoms with E-state index in [9.17, 15) is 0 Å². The van der Waals surface area contributed by atoms with Gasteiger partial charge in [-0.05, 0) is 27.3 Å². The Labute approximate surface area is 85.2 Å². The molecule has 0 spiro atoms. The third kappa shape index (κ3) is 5.77. The largest absolute Gasteiger partial charge is 0.409 e. The van der Waals surface area contributed by atoms with Crippen molar-refractivity contribution in [2.75, 3.05) is 13.6 Å². The van der Waals surface area contributed by atoms with E-state index in [0.717, 1.165) is 13.0 Å². The van der Waals surface area contributed by atoms with Crippen molar-refractivity contribution >= 4 is 5.84 Å². The summed E-state index contributed by atoms with van der Waals surface area (Å²) in [6.45, 7) is 4.57. The van der Waals surface area contributed by atoms with Crippen LogP contribution in [-0.4, -0.2) is 46.8 Å². The molecule has 0 bridgehead atoms. The summed E-state index contributed by atoms with van der Waals surface area (Å²) in [4.78, 5) is 2.07. The van der Waals surface area contributed by atoms with Gasteiger partial charge in [-0.2, -0.15) is 0 Å². The Bertz CT molecular complexity index is 183. The summed E-state index contributed by atoms with van der Waals surface area (Å²) in [5.74, 6) is 0.237. The van der Waals surface area contributed by atoms with Gasteiger partial charge in [0.25, 0.3) is 0 Å². The lowest BCUT2D eigenvalue weighted by molar-refractivity contribution is 0.153. The smallest absolute Gasteiger partial charge is 0.140 e. The quantitative estimate of drug-likeness (QED) is 0.249. The lowest BCUT2D eigenvalue weighted by atomic mass is 10.2. The lowest BCUT2D eigenvalue weighted by Crippen LogP contribution is -2.34. The Hall–Kier alpha value is -0.810. The molecular weight excluding hydrogens is 182 g/mol. The summed E-state index contributed by atoms with van der Waals surface area (Å²) in [6, 6.07) is 0.213. The van der Waals surface area contributed by atoms with Gasteiger partial charge in [0.1, 0.15) is 5.84 Å². The van der Waals surface area contributed by atoms with Crippen molar-refractivity contribution in [1.29, 1.82) is 0 Å². The molecule has 0 amide bonds. The number of nitrogens with two attached hydrogens (primary N) is 1. The molecule has 2 unspecified atom stereocenters. The summed E-state index contributed by atoms with van der Waals surface area (Å²) in [7, 11) is 1.96. The van der Waals surface area contributed by atoms with Gasteiger partial charge in [-0.25, -0.2) is 0 Å². The van der Waals surface area contributed by atoms with E-state index in [1.165, 1.54) is 0 Å². The van der Waals surface area contributed by atoms with Gasteiger partial charge in [0, 0.05) is 19.0 Å². The topological polar surface area (TPSA) is 82.1 Å². The van der Waals surface area contributed by atoms with Crippen LogP contribution in [0.25, 0.3) is 0 Å². The average Bonchev–Trinajstić information content (AvgIpc) is 2.13. The number of aliphatic hydroxyl groups is 1. The van der Waals surface area contributed by atoms with E-state index in [4.69, 9.17) is 16.0 Å². The van der Waals surface area contributed by atoms with E-state index in [1.54, 1.807) is 6.92 Å². The molecule has 0 aliphatic heterocycles. The highest BCUT2D eigenvalue weighted by Crippen LogP contribution is 2.03. The molecule has 0 aliphatic carbocycles. The molecule has 0 rings (SSSR count). The molecule has 0 saturated carbocycles. The first-order chi connectivity index (χ1) is 6.47. The maximum atomic E-state index is 9.10. The van der Waals surface area contributed by atoms with Gasteiger partial charge >= 0.3 is 0 Å². The van der Waals surface area contributed by atoms with Crippen LogP contribution in [0.3, 0.4) is 0 Å². The molecule has 0 aromatic carbocycles. The third-order valence-electron chi connectivity index (χ3n) is 2.29. The minimum atomic E-state index is -0.284. The number of rotatable bonds is 6. The highest BCUT2D eigenvalue weighted by atomic mass is 16.4. The second kappa shape index (κ2) is 6.62. The molecule has 5 heteroatoms. The second-order valence-corrected chi connectivity index (χ2v) is 3.76. The van der Waals surface area contributed by atoms with Gasteiger partial charge in [-0.15, -0.1) is 0 Å². The van der Waals surface area contributed by atoms with Crippen LogP contribution in [0, 0.1) is 0 Å². The molecule has 0 fully saturated rings. The number of hydrogen-bond acceptors (Lipinski definition) is 4. The predicted octanol–water partition coefficient (Wildman–Crippen LogP) is 0.214. The summed E-state index contributed by atoms with van der Waals surface area (Å²) < 4.78 is 0. The zero-order valence-corrected chi connectivity index (χ0v) is 9.14. The SMILES string of the molecule is CC(O)CCN(C)C(C)CC(N)=NO. The van der Waals surface area contributed by atoms with E-state index < -0.39 is 0 Å². The third-order valence-corrected chi connectivity index (χ3v) is 2.29. The van der Waals surface area contributed by atoms with E-state index in [-0.39, 0.29) is 18.0 Å². The standard InChI is InChI=1S/C9H21N3O2/c1-7(6-9(10)11-14)12(3)5-4-8(2)13/h7-8,13-14H,4-6H2,1-3H3,(H2,10,11). The van der Waals surface area contributed by atoms with Gasteiger partial charge in [0.05, 0.1) is 6.10 Å². The number of nitrogens with zero attached hydrogens (tertiary/aromatic N) is 2. The summed E-state index contributed by atoms with van der Waals surface area (Å²) >= 11 is 0. The number of aliphatic hydroxyl groups excluding tert-OH is 1. The molecule has 0 heterocycles. The Morgan fingerprint density at radius 1 is 1.50 bits per heavy atom. The lowest BCUT2D eigenvalue weighted by Gasteiger charge is -2.24. The van der Waals surface area contributed by atoms with Crippen LogP contribution in [0.2, 0.25) is 0 Å². The molecule has 84 valence electrons. The van der Waals surface area contributed by atoms with E-state index in [2.05, 4.69) is 10.1 Å². The molecule has 4 N–H and O–H groups in total. The number of hydrogen-bond donors (Lipinski definition) is 3. The zero-order chi connectivity index (χ0) is 11.1. The summed E-state index contributed by atoms with van der Waals surface area (Å²) in [5, 5.41) is 20.4. The monoisotopic (exact) mass is 203 g/mol. The normalized spacial score (nSPS) is 17.1. The van der Waals surface area contributed by atoms with Crippen LogP contribution in [-0.2, 0) is 0 Å². The fourth-order valence-electron chi connectivity index (χ4n) is 1.11. The summed E-state index contributed by atoms with van der Waals surface area (Å²) in [5.41, 5.74) is 5.39.